The number of halogens is 1. The van der Waals surface area contributed by atoms with Crippen LogP contribution in [0.5, 0.6) is 0 Å². The molecule has 2 heterocycles. The zero-order valence-electron chi connectivity index (χ0n) is 17.2. The molecule has 1 aromatic carbocycles. The Balaban J connectivity index is 1.61. The molecule has 5 heteroatoms. The average Bonchev–Trinajstić information content (AvgIpc) is 2.68. The molecular formula is C22H35FN2OSi. The van der Waals surface area contributed by atoms with Crippen molar-refractivity contribution >= 4 is 14.0 Å². The quantitative estimate of drug-likeness (QED) is 0.701. The standard InChI is InChI=1S/C22H35FN2OSi/c1-17(2)27(3,4)26-16-20-6-5-7-21(22(20)23)25-14-10-19(11-15-25)18-8-12-24-13-9-18/h5-7,18-19,24H,1,8-16H2,2-4H3. The van der Waals surface area contributed by atoms with Crippen LogP contribution < -0.4 is 10.2 Å². The molecular weight excluding hydrogens is 355 g/mol. The maximum Gasteiger partial charge on any atom is 0.213 e. The monoisotopic (exact) mass is 390 g/mol. The van der Waals surface area contributed by atoms with Crippen molar-refractivity contribution in [3.05, 3.63) is 41.4 Å². The highest BCUT2D eigenvalue weighted by molar-refractivity contribution is 6.78. The Morgan fingerprint density at radius 2 is 1.81 bits per heavy atom. The molecule has 0 unspecified atom stereocenters. The number of hydrogen-bond acceptors (Lipinski definition) is 3. The fourth-order valence-corrected chi connectivity index (χ4v) is 4.99. The molecule has 0 amide bonds. The molecule has 150 valence electrons. The van der Waals surface area contributed by atoms with Crippen LogP contribution in [0.25, 0.3) is 0 Å². The predicted octanol–water partition coefficient (Wildman–Crippen LogP) is 4.88. The Labute approximate surface area is 165 Å². The van der Waals surface area contributed by atoms with E-state index in [1.165, 1.54) is 25.7 Å². The second-order valence-corrected chi connectivity index (χ2v) is 12.9. The summed E-state index contributed by atoms with van der Waals surface area (Å²) in [4.78, 5) is 2.23. The van der Waals surface area contributed by atoms with E-state index in [0.717, 1.165) is 48.9 Å². The molecule has 2 saturated heterocycles. The average molecular weight is 391 g/mol. The van der Waals surface area contributed by atoms with Gasteiger partial charge in [-0.1, -0.05) is 17.3 Å². The molecule has 3 nitrogen and oxygen atoms in total. The highest BCUT2D eigenvalue weighted by atomic mass is 28.4. The van der Waals surface area contributed by atoms with Gasteiger partial charge in [0.05, 0.1) is 12.3 Å². The Morgan fingerprint density at radius 1 is 1.19 bits per heavy atom. The molecule has 1 aromatic rings. The summed E-state index contributed by atoms with van der Waals surface area (Å²) in [5.41, 5.74) is 1.41. The molecule has 0 radical (unpaired) electrons. The molecule has 2 aliphatic heterocycles. The van der Waals surface area contributed by atoms with Gasteiger partial charge >= 0.3 is 0 Å². The van der Waals surface area contributed by atoms with E-state index < -0.39 is 8.32 Å². The Morgan fingerprint density at radius 3 is 2.44 bits per heavy atom. The number of nitrogens with zero attached hydrogens (tertiary/aromatic N) is 1. The van der Waals surface area contributed by atoms with Crippen LogP contribution in [-0.2, 0) is 11.0 Å². The van der Waals surface area contributed by atoms with Crippen LogP contribution >= 0.6 is 0 Å². The number of nitrogens with one attached hydrogen (secondary N) is 1. The van der Waals surface area contributed by atoms with Crippen LogP contribution in [0.15, 0.2) is 30.0 Å². The van der Waals surface area contributed by atoms with Crippen molar-refractivity contribution in [2.24, 2.45) is 11.8 Å². The first-order chi connectivity index (χ1) is 12.9. The van der Waals surface area contributed by atoms with Crippen LogP contribution in [0.1, 0.15) is 38.2 Å². The number of benzene rings is 1. The summed E-state index contributed by atoms with van der Waals surface area (Å²) in [6.07, 6.45) is 4.96. The molecule has 0 aliphatic carbocycles. The van der Waals surface area contributed by atoms with Crippen LogP contribution in [0, 0.1) is 17.7 Å². The third-order valence-electron chi connectivity index (χ3n) is 6.61. The SMILES string of the molecule is C=C(C)[Si](C)(C)OCc1cccc(N2CCC(C3CCNCC3)CC2)c1F. The molecule has 2 fully saturated rings. The largest absolute Gasteiger partial charge is 0.409 e. The van der Waals surface area contributed by atoms with E-state index in [0.29, 0.717) is 12.2 Å². The van der Waals surface area contributed by atoms with Crippen molar-refractivity contribution in [3.63, 3.8) is 0 Å². The number of allylic oxidation sites excluding steroid dienone is 1. The summed E-state index contributed by atoms with van der Waals surface area (Å²) in [7, 11) is -1.95. The van der Waals surface area contributed by atoms with Crippen molar-refractivity contribution in [3.8, 4) is 0 Å². The number of rotatable bonds is 6. The van der Waals surface area contributed by atoms with Gasteiger partial charge in [-0.15, -0.1) is 6.58 Å². The summed E-state index contributed by atoms with van der Waals surface area (Å²) in [5, 5.41) is 4.54. The number of piperidine rings is 2. The van der Waals surface area contributed by atoms with Crippen LogP contribution in [0.2, 0.25) is 13.1 Å². The third-order valence-corrected chi connectivity index (χ3v) is 9.53. The van der Waals surface area contributed by atoms with Crippen LogP contribution in [0.3, 0.4) is 0 Å². The fourth-order valence-electron chi connectivity index (χ4n) is 4.23. The van der Waals surface area contributed by atoms with Gasteiger partial charge in [-0.05, 0) is 76.7 Å². The number of anilines is 1. The Hall–Kier alpha value is -1.17. The van der Waals surface area contributed by atoms with E-state index in [9.17, 15) is 0 Å². The van der Waals surface area contributed by atoms with E-state index in [4.69, 9.17) is 4.43 Å². The first-order valence-electron chi connectivity index (χ1n) is 10.4. The van der Waals surface area contributed by atoms with E-state index in [2.05, 4.69) is 29.9 Å². The zero-order chi connectivity index (χ0) is 19.4. The zero-order valence-corrected chi connectivity index (χ0v) is 18.2. The van der Waals surface area contributed by atoms with Gasteiger partial charge in [0.25, 0.3) is 0 Å². The lowest BCUT2D eigenvalue weighted by atomic mass is 9.79. The van der Waals surface area contributed by atoms with Gasteiger partial charge in [-0.2, -0.15) is 0 Å². The smallest absolute Gasteiger partial charge is 0.213 e. The Kier molecular flexibility index (Phi) is 6.77. The van der Waals surface area contributed by atoms with Crippen LogP contribution in [-0.4, -0.2) is 34.5 Å². The van der Waals surface area contributed by atoms with E-state index in [-0.39, 0.29) is 5.82 Å². The van der Waals surface area contributed by atoms with Gasteiger partial charge < -0.3 is 14.6 Å². The summed E-state index contributed by atoms with van der Waals surface area (Å²) < 4.78 is 21.2. The molecule has 2 aliphatic rings. The fraction of sp³-hybridized carbons (Fsp3) is 0.636. The highest BCUT2D eigenvalue weighted by Gasteiger charge is 2.29. The molecule has 1 N–H and O–H groups in total. The second kappa shape index (κ2) is 8.89. The minimum absolute atomic E-state index is 0.107. The molecule has 0 bridgehead atoms. The molecule has 0 aromatic heterocycles. The molecule has 0 atom stereocenters. The van der Waals surface area contributed by atoms with Crippen molar-refractivity contribution in [2.45, 2.75) is 52.3 Å². The van der Waals surface area contributed by atoms with Gasteiger partial charge in [0, 0.05) is 18.7 Å². The van der Waals surface area contributed by atoms with Gasteiger partial charge in [0.2, 0.25) is 8.32 Å². The lowest BCUT2D eigenvalue weighted by Crippen LogP contribution is -2.39. The Bertz CT molecular complexity index is 650. The maximum absolute atomic E-state index is 15.1. The molecule has 27 heavy (non-hydrogen) atoms. The molecule has 0 spiro atoms. The maximum atomic E-state index is 15.1. The van der Waals surface area contributed by atoms with Gasteiger partial charge in [0.1, 0.15) is 0 Å². The minimum atomic E-state index is -1.95. The normalized spacial score (nSPS) is 20.1. The summed E-state index contributed by atoms with van der Waals surface area (Å²) in [5.74, 6) is 1.55. The number of hydrogen-bond donors (Lipinski definition) is 1. The summed E-state index contributed by atoms with van der Waals surface area (Å²) in [6.45, 7) is 14.8. The first kappa shape index (κ1) is 20.6. The van der Waals surface area contributed by atoms with Crippen molar-refractivity contribution < 1.29 is 8.82 Å². The topological polar surface area (TPSA) is 24.5 Å². The van der Waals surface area contributed by atoms with E-state index in [1.54, 1.807) is 0 Å². The lowest BCUT2D eigenvalue weighted by Gasteiger charge is -2.39. The second-order valence-electron chi connectivity index (χ2n) is 8.74. The van der Waals surface area contributed by atoms with Gasteiger partial charge in [-0.3, -0.25) is 0 Å². The third kappa shape index (κ3) is 5.01. The predicted molar refractivity (Wildman–Crippen MR) is 114 cm³/mol. The molecule has 3 rings (SSSR count). The van der Waals surface area contributed by atoms with Crippen molar-refractivity contribution in [2.75, 3.05) is 31.1 Å². The van der Waals surface area contributed by atoms with E-state index in [1.807, 2.05) is 25.1 Å². The van der Waals surface area contributed by atoms with Crippen molar-refractivity contribution in [1.29, 1.82) is 0 Å². The summed E-state index contributed by atoms with van der Waals surface area (Å²) >= 11 is 0. The lowest BCUT2D eigenvalue weighted by molar-refractivity contribution is 0.221. The van der Waals surface area contributed by atoms with Gasteiger partial charge in [-0.25, -0.2) is 4.39 Å². The van der Waals surface area contributed by atoms with Crippen LogP contribution in [0.4, 0.5) is 10.1 Å². The first-order valence-corrected chi connectivity index (χ1v) is 13.3. The van der Waals surface area contributed by atoms with Gasteiger partial charge in [0.15, 0.2) is 5.82 Å². The minimum Gasteiger partial charge on any atom is -0.409 e. The van der Waals surface area contributed by atoms with E-state index >= 15 is 4.39 Å². The molecule has 0 saturated carbocycles. The highest BCUT2D eigenvalue weighted by Crippen LogP contribution is 2.34. The van der Waals surface area contributed by atoms with Crippen molar-refractivity contribution in [1.82, 2.24) is 5.32 Å². The summed E-state index contributed by atoms with van der Waals surface area (Å²) in [6, 6.07) is 5.74.